The molecule has 1 aromatic carbocycles. The maximum absolute atomic E-state index is 12.2. The van der Waals surface area contributed by atoms with Crippen molar-refractivity contribution in [2.24, 2.45) is 0 Å². The molecule has 1 atom stereocenters. The van der Waals surface area contributed by atoms with Crippen LogP contribution in [0.2, 0.25) is 0 Å². The summed E-state index contributed by atoms with van der Waals surface area (Å²) in [5.74, 6) is 0.0873. The number of benzene rings is 1. The summed E-state index contributed by atoms with van der Waals surface area (Å²) in [6.07, 6.45) is 1.26. The van der Waals surface area contributed by atoms with Crippen molar-refractivity contribution in [2.75, 3.05) is 51.1 Å². The van der Waals surface area contributed by atoms with Gasteiger partial charge in [-0.25, -0.2) is 0 Å². The van der Waals surface area contributed by atoms with Gasteiger partial charge in [0, 0.05) is 44.5 Å². The summed E-state index contributed by atoms with van der Waals surface area (Å²) in [5.41, 5.74) is 3.36. The monoisotopic (exact) mass is 316 g/mol. The number of carbonyl (C=O) groups is 1. The SMILES string of the molecule is Cc1ccc(NC(=O)CN2CCN(C3CCNC3)CC2)cc1C. The number of nitrogens with one attached hydrogen (secondary N) is 2. The van der Waals surface area contributed by atoms with E-state index in [2.05, 4.69) is 40.3 Å². The summed E-state index contributed by atoms with van der Waals surface area (Å²) >= 11 is 0. The van der Waals surface area contributed by atoms with Crippen LogP contribution in [0.1, 0.15) is 17.5 Å². The van der Waals surface area contributed by atoms with Crippen molar-refractivity contribution in [2.45, 2.75) is 26.3 Å². The van der Waals surface area contributed by atoms with Crippen LogP contribution in [0.3, 0.4) is 0 Å². The first-order chi connectivity index (χ1) is 11.1. The largest absolute Gasteiger partial charge is 0.325 e. The van der Waals surface area contributed by atoms with Crippen LogP contribution in [0.25, 0.3) is 0 Å². The lowest BCUT2D eigenvalue weighted by molar-refractivity contribution is -0.117. The third-order valence-corrected chi connectivity index (χ3v) is 5.12. The van der Waals surface area contributed by atoms with Crippen LogP contribution in [0, 0.1) is 13.8 Å². The summed E-state index contributed by atoms with van der Waals surface area (Å²) in [7, 11) is 0. The Balaban J connectivity index is 1.44. The van der Waals surface area contributed by atoms with E-state index in [1.807, 2.05) is 12.1 Å². The molecule has 0 aromatic heterocycles. The molecule has 23 heavy (non-hydrogen) atoms. The molecule has 5 heteroatoms. The zero-order valence-corrected chi connectivity index (χ0v) is 14.3. The van der Waals surface area contributed by atoms with E-state index in [9.17, 15) is 4.79 Å². The lowest BCUT2D eigenvalue weighted by Crippen LogP contribution is -2.52. The number of piperazine rings is 1. The number of nitrogens with zero attached hydrogens (tertiary/aromatic N) is 2. The molecule has 0 aliphatic carbocycles. The van der Waals surface area contributed by atoms with Gasteiger partial charge >= 0.3 is 0 Å². The number of hydrogen-bond acceptors (Lipinski definition) is 4. The van der Waals surface area contributed by atoms with Crippen LogP contribution >= 0.6 is 0 Å². The summed E-state index contributed by atoms with van der Waals surface area (Å²) in [6, 6.07) is 6.77. The Morgan fingerprint density at radius 3 is 2.65 bits per heavy atom. The summed E-state index contributed by atoms with van der Waals surface area (Å²) in [6.45, 7) is 11.0. The minimum Gasteiger partial charge on any atom is -0.325 e. The van der Waals surface area contributed by atoms with Gasteiger partial charge in [-0.2, -0.15) is 0 Å². The predicted molar refractivity (Wildman–Crippen MR) is 93.8 cm³/mol. The number of hydrogen-bond donors (Lipinski definition) is 2. The van der Waals surface area contributed by atoms with E-state index in [4.69, 9.17) is 0 Å². The van der Waals surface area contributed by atoms with E-state index in [1.165, 1.54) is 17.5 Å². The van der Waals surface area contributed by atoms with Crippen molar-refractivity contribution in [3.8, 4) is 0 Å². The zero-order valence-electron chi connectivity index (χ0n) is 14.3. The molecule has 1 aromatic rings. The predicted octanol–water partition coefficient (Wildman–Crippen LogP) is 1.22. The maximum Gasteiger partial charge on any atom is 0.238 e. The van der Waals surface area contributed by atoms with Gasteiger partial charge in [0.25, 0.3) is 0 Å². The highest BCUT2D eigenvalue weighted by atomic mass is 16.2. The normalized spacial score (nSPS) is 23.1. The van der Waals surface area contributed by atoms with Gasteiger partial charge in [0.05, 0.1) is 6.54 Å². The van der Waals surface area contributed by atoms with Crippen molar-refractivity contribution in [3.05, 3.63) is 29.3 Å². The molecule has 0 spiro atoms. The van der Waals surface area contributed by atoms with E-state index in [0.717, 1.165) is 45.0 Å². The van der Waals surface area contributed by atoms with Crippen LogP contribution in [0.15, 0.2) is 18.2 Å². The Morgan fingerprint density at radius 1 is 1.22 bits per heavy atom. The molecule has 2 fully saturated rings. The first kappa shape index (κ1) is 16.4. The average Bonchev–Trinajstić information content (AvgIpc) is 3.06. The molecule has 0 saturated carbocycles. The Morgan fingerprint density at radius 2 is 2.00 bits per heavy atom. The molecule has 3 rings (SSSR count). The topological polar surface area (TPSA) is 47.6 Å². The Labute approximate surface area is 139 Å². The van der Waals surface area contributed by atoms with Gasteiger partial charge in [-0.1, -0.05) is 6.07 Å². The summed E-state index contributed by atoms with van der Waals surface area (Å²) in [4.78, 5) is 17.1. The minimum absolute atomic E-state index is 0.0873. The fourth-order valence-corrected chi connectivity index (χ4v) is 3.46. The van der Waals surface area contributed by atoms with Gasteiger partial charge in [-0.15, -0.1) is 0 Å². The maximum atomic E-state index is 12.2. The summed E-state index contributed by atoms with van der Waals surface area (Å²) < 4.78 is 0. The first-order valence-electron chi connectivity index (χ1n) is 8.66. The van der Waals surface area contributed by atoms with Crippen LogP contribution < -0.4 is 10.6 Å². The van der Waals surface area contributed by atoms with Crippen molar-refractivity contribution >= 4 is 11.6 Å². The second kappa shape index (κ2) is 7.43. The van der Waals surface area contributed by atoms with E-state index >= 15 is 0 Å². The Hall–Kier alpha value is -1.43. The van der Waals surface area contributed by atoms with Gasteiger partial charge in [0.1, 0.15) is 0 Å². The molecule has 2 aliphatic heterocycles. The molecule has 126 valence electrons. The highest BCUT2D eigenvalue weighted by Gasteiger charge is 2.26. The van der Waals surface area contributed by atoms with Gasteiger partial charge in [-0.05, 0) is 50.1 Å². The van der Waals surface area contributed by atoms with Crippen molar-refractivity contribution in [1.82, 2.24) is 15.1 Å². The molecule has 2 N–H and O–H groups in total. The van der Waals surface area contributed by atoms with E-state index in [-0.39, 0.29) is 5.91 Å². The van der Waals surface area contributed by atoms with Crippen molar-refractivity contribution in [3.63, 3.8) is 0 Å². The van der Waals surface area contributed by atoms with E-state index in [0.29, 0.717) is 12.6 Å². The van der Waals surface area contributed by atoms with Gasteiger partial charge in [0.2, 0.25) is 5.91 Å². The number of carbonyl (C=O) groups excluding carboxylic acids is 1. The molecule has 1 unspecified atom stereocenters. The molecule has 2 aliphatic rings. The fraction of sp³-hybridized carbons (Fsp3) is 0.611. The lowest BCUT2D eigenvalue weighted by Gasteiger charge is -2.37. The highest BCUT2D eigenvalue weighted by molar-refractivity contribution is 5.92. The molecule has 0 bridgehead atoms. The number of anilines is 1. The van der Waals surface area contributed by atoms with Crippen LogP contribution in [-0.2, 0) is 4.79 Å². The fourth-order valence-electron chi connectivity index (χ4n) is 3.46. The molecule has 1 amide bonds. The third-order valence-electron chi connectivity index (χ3n) is 5.12. The minimum atomic E-state index is 0.0873. The van der Waals surface area contributed by atoms with Crippen LogP contribution in [0.5, 0.6) is 0 Å². The first-order valence-corrected chi connectivity index (χ1v) is 8.66. The zero-order chi connectivity index (χ0) is 16.2. The number of rotatable bonds is 4. The number of amides is 1. The highest BCUT2D eigenvalue weighted by Crippen LogP contribution is 2.15. The molecular formula is C18H28N4O. The molecular weight excluding hydrogens is 288 g/mol. The van der Waals surface area contributed by atoms with Crippen LogP contribution in [-0.4, -0.2) is 67.6 Å². The Bertz CT molecular complexity index is 546. The Kier molecular flexibility index (Phi) is 5.30. The van der Waals surface area contributed by atoms with Gasteiger partial charge in [-0.3, -0.25) is 14.6 Å². The van der Waals surface area contributed by atoms with Gasteiger partial charge < -0.3 is 10.6 Å². The third kappa shape index (κ3) is 4.31. The summed E-state index contributed by atoms with van der Waals surface area (Å²) in [5, 5.41) is 6.45. The molecule has 5 nitrogen and oxygen atoms in total. The number of aryl methyl sites for hydroxylation is 2. The molecule has 0 radical (unpaired) electrons. The average molecular weight is 316 g/mol. The lowest BCUT2D eigenvalue weighted by atomic mass is 10.1. The van der Waals surface area contributed by atoms with E-state index < -0.39 is 0 Å². The molecule has 2 saturated heterocycles. The quantitative estimate of drug-likeness (QED) is 0.877. The van der Waals surface area contributed by atoms with Gasteiger partial charge in [0.15, 0.2) is 0 Å². The van der Waals surface area contributed by atoms with Crippen LogP contribution in [0.4, 0.5) is 5.69 Å². The smallest absolute Gasteiger partial charge is 0.238 e. The second-order valence-electron chi connectivity index (χ2n) is 6.81. The van der Waals surface area contributed by atoms with E-state index in [1.54, 1.807) is 0 Å². The standard InChI is InChI=1S/C18H28N4O/c1-14-3-4-16(11-15(14)2)20-18(23)13-21-7-9-22(10-8-21)17-5-6-19-12-17/h3-4,11,17,19H,5-10,12-13H2,1-2H3,(H,20,23). The van der Waals surface area contributed by atoms with Crippen molar-refractivity contribution < 1.29 is 4.79 Å². The molecule has 2 heterocycles. The second-order valence-corrected chi connectivity index (χ2v) is 6.81. The van der Waals surface area contributed by atoms with Crippen molar-refractivity contribution in [1.29, 1.82) is 0 Å².